The lowest BCUT2D eigenvalue weighted by atomic mass is 9.95. The number of hydrogen-bond donors (Lipinski definition) is 1. The smallest absolute Gasteiger partial charge is 0.282 e. The molecule has 6 nitrogen and oxygen atoms in total. The molecule has 0 aromatic carbocycles. The maximum absolute atomic E-state index is 5.95. The molecule has 0 aliphatic heterocycles. The highest BCUT2D eigenvalue weighted by atomic mass is 32.2. The van der Waals surface area contributed by atoms with Gasteiger partial charge in [0.05, 0.1) is 0 Å². The van der Waals surface area contributed by atoms with Gasteiger partial charge in [-0.1, -0.05) is 20.8 Å². The number of nitrogens with two attached hydrogens (primary N) is 1. The van der Waals surface area contributed by atoms with Crippen LogP contribution in [0.4, 0.5) is 5.82 Å². The monoisotopic (exact) mass is 279 g/mol. The molecular weight excluding hydrogens is 262 g/mol. The van der Waals surface area contributed by atoms with E-state index < -0.39 is 0 Å². The second-order valence-electron chi connectivity index (χ2n) is 5.30. The molecule has 7 heteroatoms. The van der Waals surface area contributed by atoms with Crippen LogP contribution in [0.2, 0.25) is 0 Å². The number of nitrogen functional groups attached to an aromatic ring is 1. The van der Waals surface area contributed by atoms with Crippen LogP contribution >= 0.6 is 11.8 Å². The molecule has 19 heavy (non-hydrogen) atoms. The van der Waals surface area contributed by atoms with E-state index >= 15 is 0 Å². The predicted molar refractivity (Wildman–Crippen MR) is 73.0 cm³/mol. The largest absolute Gasteiger partial charge is 0.416 e. The summed E-state index contributed by atoms with van der Waals surface area (Å²) in [5.41, 5.74) is 6.61. The Hall–Kier alpha value is -1.63. The first-order valence-corrected chi connectivity index (χ1v) is 6.71. The van der Waals surface area contributed by atoms with E-state index in [9.17, 15) is 0 Å². The third-order valence-corrected chi connectivity index (χ3v) is 3.43. The lowest BCUT2D eigenvalue weighted by Crippen LogP contribution is -2.18. The van der Waals surface area contributed by atoms with E-state index in [0.717, 1.165) is 10.6 Å². The zero-order valence-corrected chi connectivity index (χ0v) is 12.5. The maximum Gasteiger partial charge on any atom is 0.282 e. The van der Waals surface area contributed by atoms with Gasteiger partial charge in [0.2, 0.25) is 5.89 Å². The molecule has 0 unspecified atom stereocenters. The molecule has 0 bridgehead atoms. The molecule has 0 saturated carbocycles. The minimum atomic E-state index is -0.165. The van der Waals surface area contributed by atoms with Crippen LogP contribution in [0.15, 0.2) is 14.7 Å². The van der Waals surface area contributed by atoms with Crippen LogP contribution in [-0.2, 0) is 5.41 Å². The fraction of sp³-hybridized carbons (Fsp3) is 0.500. The van der Waals surface area contributed by atoms with Gasteiger partial charge in [0, 0.05) is 17.9 Å². The molecule has 2 heterocycles. The minimum Gasteiger partial charge on any atom is -0.416 e. The highest BCUT2D eigenvalue weighted by molar-refractivity contribution is 7.99. The number of nitrogens with zero attached hydrogens (tertiary/aromatic N) is 4. The van der Waals surface area contributed by atoms with Crippen LogP contribution < -0.4 is 5.73 Å². The molecule has 0 spiro atoms. The molecule has 0 radical (unpaired) electrons. The number of aryl methyl sites for hydroxylation is 1. The van der Waals surface area contributed by atoms with Crippen LogP contribution in [0.25, 0.3) is 0 Å². The summed E-state index contributed by atoms with van der Waals surface area (Å²) in [6.07, 6.45) is 0. The fourth-order valence-electron chi connectivity index (χ4n) is 1.35. The van der Waals surface area contributed by atoms with E-state index in [1.165, 1.54) is 11.8 Å². The van der Waals surface area contributed by atoms with E-state index in [1.807, 2.05) is 27.7 Å². The zero-order chi connectivity index (χ0) is 14.2. The highest BCUT2D eigenvalue weighted by Crippen LogP contribution is 2.31. The van der Waals surface area contributed by atoms with E-state index in [-0.39, 0.29) is 5.41 Å². The van der Waals surface area contributed by atoms with Gasteiger partial charge < -0.3 is 10.2 Å². The standard InChI is InChI=1S/C12H17N5OS/c1-6-8(13)14-10(12(3,4)5)15-9(6)19-11-17-16-7(2)18-11/h1-5H3,(H2,13,14,15). The zero-order valence-electron chi connectivity index (χ0n) is 11.7. The van der Waals surface area contributed by atoms with Crippen molar-refractivity contribution in [3.05, 3.63) is 17.3 Å². The second-order valence-corrected chi connectivity index (χ2v) is 6.24. The van der Waals surface area contributed by atoms with Crippen molar-refractivity contribution in [2.75, 3.05) is 5.73 Å². The summed E-state index contributed by atoms with van der Waals surface area (Å²) < 4.78 is 5.35. The van der Waals surface area contributed by atoms with Gasteiger partial charge in [-0.05, 0) is 18.7 Å². The van der Waals surface area contributed by atoms with Crippen LogP contribution in [0.3, 0.4) is 0 Å². The van der Waals surface area contributed by atoms with Gasteiger partial charge in [-0.15, -0.1) is 10.2 Å². The van der Waals surface area contributed by atoms with Crippen molar-refractivity contribution in [2.45, 2.75) is 50.3 Å². The molecule has 0 fully saturated rings. The summed E-state index contributed by atoms with van der Waals surface area (Å²) in [5, 5.41) is 8.95. The van der Waals surface area contributed by atoms with Crippen molar-refractivity contribution in [3.63, 3.8) is 0 Å². The fourth-order valence-corrected chi connectivity index (χ4v) is 2.15. The SMILES string of the molecule is Cc1nnc(Sc2nc(C(C)(C)C)nc(N)c2C)o1. The van der Waals surface area contributed by atoms with Gasteiger partial charge in [-0.2, -0.15) is 0 Å². The maximum atomic E-state index is 5.95. The van der Waals surface area contributed by atoms with Crippen molar-refractivity contribution in [2.24, 2.45) is 0 Å². The molecule has 102 valence electrons. The molecule has 0 saturated heterocycles. The Bertz CT molecular complexity index is 603. The summed E-state index contributed by atoms with van der Waals surface area (Å²) >= 11 is 1.31. The molecule has 0 atom stereocenters. The lowest BCUT2D eigenvalue weighted by Gasteiger charge is -2.18. The van der Waals surface area contributed by atoms with Crippen molar-refractivity contribution < 1.29 is 4.42 Å². The summed E-state index contributed by atoms with van der Waals surface area (Å²) in [6.45, 7) is 9.76. The molecule has 2 aromatic heterocycles. The van der Waals surface area contributed by atoms with E-state index in [2.05, 4.69) is 20.2 Å². The van der Waals surface area contributed by atoms with Crippen molar-refractivity contribution >= 4 is 17.6 Å². The van der Waals surface area contributed by atoms with E-state index in [4.69, 9.17) is 10.2 Å². The minimum absolute atomic E-state index is 0.165. The van der Waals surface area contributed by atoms with Crippen LogP contribution in [-0.4, -0.2) is 20.2 Å². The number of aromatic nitrogens is 4. The first-order valence-electron chi connectivity index (χ1n) is 5.90. The first-order chi connectivity index (χ1) is 8.77. The Labute approximate surface area is 116 Å². The average Bonchev–Trinajstić information content (AvgIpc) is 2.69. The Kier molecular flexibility index (Phi) is 3.49. The Balaban J connectivity index is 2.41. The van der Waals surface area contributed by atoms with Crippen molar-refractivity contribution in [1.29, 1.82) is 0 Å². The Morgan fingerprint density at radius 3 is 2.32 bits per heavy atom. The summed E-state index contributed by atoms with van der Waals surface area (Å²) in [4.78, 5) is 8.89. The van der Waals surface area contributed by atoms with Gasteiger partial charge in [0.1, 0.15) is 16.7 Å². The van der Waals surface area contributed by atoms with Crippen molar-refractivity contribution in [3.8, 4) is 0 Å². The molecule has 0 aliphatic rings. The van der Waals surface area contributed by atoms with Gasteiger partial charge in [-0.3, -0.25) is 0 Å². The lowest BCUT2D eigenvalue weighted by molar-refractivity contribution is 0.429. The van der Waals surface area contributed by atoms with Crippen LogP contribution in [0.5, 0.6) is 0 Å². The average molecular weight is 279 g/mol. The summed E-state index contributed by atoms with van der Waals surface area (Å²) in [5.74, 6) is 1.71. The van der Waals surface area contributed by atoms with Gasteiger partial charge in [-0.25, -0.2) is 9.97 Å². The van der Waals surface area contributed by atoms with E-state index in [0.29, 0.717) is 22.8 Å². The molecular formula is C12H17N5OS. The Morgan fingerprint density at radius 2 is 1.79 bits per heavy atom. The highest BCUT2D eigenvalue weighted by Gasteiger charge is 2.21. The van der Waals surface area contributed by atoms with Gasteiger partial charge in [0.25, 0.3) is 5.22 Å². The topological polar surface area (TPSA) is 90.7 Å². The quantitative estimate of drug-likeness (QED) is 0.844. The van der Waals surface area contributed by atoms with Crippen molar-refractivity contribution in [1.82, 2.24) is 20.2 Å². The number of rotatable bonds is 2. The number of hydrogen-bond acceptors (Lipinski definition) is 7. The second kappa shape index (κ2) is 4.80. The van der Waals surface area contributed by atoms with Crippen LogP contribution in [0.1, 0.15) is 38.0 Å². The normalized spacial score (nSPS) is 11.8. The third-order valence-electron chi connectivity index (χ3n) is 2.50. The first kappa shape index (κ1) is 13.8. The van der Waals surface area contributed by atoms with Crippen LogP contribution in [0, 0.1) is 13.8 Å². The molecule has 2 aromatic rings. The number of anilines is 1. The molecule has 2 rings (SSSR count). The van der Waals surface area contributed by atoms with E-state index in [1.54, 1.807) is 6.92 Å². The summed E-state index contributed by atoms with van der Waals surface area (Å²) in [6, 6.07) is 0. The Morgan fingerprint density at radius 1 is 1.11 bits per heavy atom. The van der Waals surface area contributed by atoms with Gasteiger partial charge >= 0.3 is 0 Å². The molecule has 0 amide bonds. The summed E-state index contributed by atoms with van der Waals surface area (Å²) in [7, 11) is 0. The predicted octanol–water partition coefficient (Wildman–Crippen LogP) is 2.51. The molecule has 0 aliphatic carbocycles. The molecule has 2 N–H and O–H groups in total. The third kappa shape index (κ3) is 3.04. The van der Waals surface area contributed by atoms with Gasteiger partial charge in [0.15, 0.2) is 0 Å².